The van der Waals surface area contributed by atoms with Crippen LogP contribution in [0.5, 0.6) is 5.75 Å². The molecule has 0 aliphatic heterocycles. The zero-order chi connectivity index (χ0) is 13.2. The van der Waals surface area contributed by atoms with Gasteiger partial charge in [-0.05, 0) is 18.2 Å². The van der Waals surface area contributed by atoms with Gasteiger partial charge in [0, 0.05) is 11.1 Å². The first kappa shape index (κ1) is 24.7. The summed E-state index contributed by atoms with van der Waals surface area (Å²) in [7, 11) is -5.14. The minimum Gasteiger partial charge on any atom is -0.716 e. The average molecular weight is 280 g/mol. The first-order chi connectivity index (χ1) is 7.69. The summed E-state index contributed by atoms with van der Waals surface area (Å²) in [4.78, 5) is 21.0. The summed E-state index contributed by atoms with van der Waals surface area (Å²) in [6, 6.07) is 1.95. The van der Waals surface area contributed by atoms with Crippen LogP contribution in [-0.4, -0.2) is 24.9 Å². The van der Waals surface area contributed by atoms with E-state index in [0.29, 0.717) is 18.2 Å². The summed E-state index contributed by atoms with van der Waals surface area (Å²) in [6.07, 6.45) is 0. The zero-order valence-electron chi connectivity index (χ0n) is 10.9. The van der Waals surface area contributed by atoms with E-state index in [1.807, 2.05) is 0 Å². The molecule has 0 heterocycles. The van der Waals surface area contributed by atoms with Gasteiger partial charge in [-0.3, -0.25) is 0 Å². The Kier molecular flexibility index (Phi) is 11.8. The quantitative estimate of drug-likeness (QED) is 0.300. The molecule has 0 aliphatic carbocycles. The topological polar surface area (TPSA) is 147 Å². The molecule has 0 unspecified atom stereocenters. The van der Waals surface area contributed by atoms with Crippen molar-refractivity contribution in [3.05, 3.63) is 29.3 Å². The molecule has 0 atom stereocenters. The van der Waals surface area contributed by atoms with Crippen LogP contribution >= 0.6 is 0 Å². The molecule has 0 saturated carbocycles. The number of carboxylic acids is 2. The molecule has 1 aromatic carbocycles. The van der Waals surface area contributed by atoms with Gasteiger partial charge in [0.25, 0.3) is 10.4 Å². The number of benzene rings is 1. The van der Waals surface area contributed by atoms with Crippen molar-refractivity contribution >= 4 is 22.3 Å². The summed E-state index contributed by atoms with van der Waals surface area (Å²) in [5.41, 5.74) is -1.32. The molecule has 92 valence electrons. The van der Waals surface area contributed by atoms with Crippen LogP contribution in [0.4, 0.5) is 0 Å². The molecule has 1 aromatic rings. The van der Waals surface area contributed by atoms with Crippen LogP contribution < -0.4 is 71.0 Å². The summed E-state index contributed by atoms with van der Waals surface area (Å²) in [6.45, 7) is 0. The summed E-state index contributed by atoms with van der Waals surface area (Å²) in [5, 5.41) is 21.0. The van der Waals surface area contributed by atoms with Gasteiger partial charge in [-0.25, -0.2) is 8.42 Å². The number of aromatic carboxylic acids is 2. The van der Waals surface area contributed by atoms with Crippen LogP contribution in [0.15, 0.2) is 18.2 Å². The van der Waals surface area contributed by atoms with Crippen LogP contribution in [0, 0.1) is 0 Å². The minimum absolute atomic E-state index is 0. The molecule has 12 heteroatoms. The number of hydrogen-bond donors (Lipinski definition) is 0. The van der Waals surface area contributed by atoms with Gasteiger partial charge in [0.1, 0.15) is 5.75 Å². The third kappa shape index (κ3) is 8.06. The molecule has 0 saturated heterocycles. The molecule has 0 amide bonds. The predicted octanol–water partition coefficient (Wildman–Crippen LogP) is -11.7. The molecule has 20 heavy (non-hydrogen) atoms. The van der Waals surface area contributed by atoms with Crippen molar-refractivity contribution in [1.29, 1.82) is 0 Å². The normalized spacial score (nSPS) is 9.25. The van der Waals surface area contributed by atoms with Crippen molar-refractivity contribution in [2.45, 2.75) is 0 Å². The van der Waals surface area contributed by atoms with Crippen molar-refractivity contribution < 1.29 is 93.5 Å². The molecule has 0 aliphatic rings. The monoisotopic (exact) mass is 280 g/mol. The Morgan fingerprint density at radius 2 is 1.25 bits per heavy atom. The van der Waals surface area contributed by atoms with E-state index >= 15 is 0 Å². The van der Waals surface area contributed by atoms with E-state index in [1.54, 1.807) is 0 Å². The Bertz CT molecular complexity index is 553. The number of carbonyl (C=O) groups is 2. The molecule has 8 nitrogen and oxygen atoms in total. The van der Waals surface area contributed by atoms with Gasteiger partial charge in [0.05, 0.1) is 11.9 Å². The largest absolute Gasteiger partial charge is 1.00 e. The van der Waals surface area contributed by atoms with Crippen molar-refractivity contribution in [2.24, 2.45) is 0 Å². The van der Waals surface area contributed by atoms with Gasteiger partial charge in [0.2, 0.25) is 0 Å². The second-order valence-corrected chi connectivity index (χ2v) is 3.80. The maximum Gasteiger partial charge on any atom is 1.00 e. The van der Waals surface area contributed by atoms with E-state index in [4.69, 9.17) is 0 Å². The van der Waals surface area contributed by atoms with Gasteiger partial charge < -0.3 is 28.5 Å². The zero-order valence-corrected chi connectivity index (χ0v) is 11.7. The first-order valence-corrected chi connectivity index (χ1v) is 5.25. The van der Waals surface area contributed by atoms with Gasteiger partial charge in [-0.15, -0.1) is 0 Å². The number of carboxylic acid groups (broad SMARTS) is 2. The maximum atomic E-state index is 10.5. The van der Waals surface area contributed by atoms with E-state index in [-0.39, 0.29) is 56.6 Å². The molecule has 0 bridgehead atoms. The molecule has 0 aromatic heterocycles. The minimum atomic E-state index is -5.14. The van der Waals surface area contributed by atoms with Gasteiger partial charge in [0.15, 0.2) is 0 Å². The Morgan fingerprint density at radius 1 is 0.900 bits per heavy atom. The SMILES string of the molecule is O=C([O-])c1cc(OS(=O)(=O)[O-])cc(C(=O)[O-])c1.[Li+].[Li+].[Li+]. The number of rotatable bonds is 4. The molecule has 0 spiro atoms. The molecule has 0 N–H and O–H groups in total. The molecular weight excluding hydrogens is 277 g/mol. The van der Waals surface area contributed by atoms with Crippen molar-refractivity contribution in [3.8, 4) is 5.75 Å². The summed E-state index contributed by atoms with van der Waals surface area (Å²) >= 11 is 0. The number of hydrogen-bond acceptors (Lipinski definition) is 8. The van der Waals surface area contributed by atoms with E-state index in [9.17, 15) is 32.8 Å². The van der Waals surface area contributed by atoms with Crippen LogP contribution in [0.3, 0.4) is 0 Å². The standard InChI is InChI=1S/C8H6O8S.3Li/c9-7(10)4-1-5(8(11)12)3-6(2-4)16-17(13,14)15;;;/h1-3H,(H,9,10)(H,11,12)(H,13,14,15);;;/q;3*+1/p-3. The second kappa shape index (κ2) is 9.57. The summed E-state index contributed by atoms with van der Waals surface area (Å²) < 4.78 is 34.6. The first-order valence-electron chi connectivity index (χ1n) is 3.92. The van der Waals surface area contributed by atoms with Crippen LogP contribution in [0.2, 0.25) is 0 Å². The van der Waals surface area contributed by atoms with E-state index in [0.717, 1.165) is 0 Å². The second-order valence-electron chi connectivity index (χ2n) is 2.81. The summed E-state index contributed by atoms with van der Waals surface area (Å²) in [5.74, 6) is -4.27. The fourth-order valence-corrected chi connectivity index (χ4v) is 1.33. The predicted molar refractivity (Wildman–Crippen MR) is 45.4 cm³/mol. The number of carbonyl (C=O) groups excluding carboxylic acids is 2. The fraction of sp³-hybridized carbons (Fsp3) is 0. The van der Waals surface area contributed by atoms with Crippen LogP contribution in [0.25, 0.3) is 0 Å². The van der Waals surface area contributed by atoms with Crippen LogP contribution in [0.1, 0.15) is 20.7 Å². The van der Waals surface area contributed by atoms with Gasteiger partial charge >= 0.3 is 56.6 Å². The molecule has 1 rings (SSSR count). The third-order valence-electron chi connectivity index (χ3n) is 1.58. The van der Waals surface area contributed by atoms with Crippen LogP contribution in [-0.2, 0) is 10.4 Å². The van der Waals surface area contributed by atoms with Crippen molar-refractivity contribution in [2.75, 3.05) is 0 Å². The Balaban J connectivity index is -0.000000963. The van der Waals surface area contributed by atoms with E-state index in [1.165, 1.54) is 0 Å². The molecule has 0 radical (unpaired) electrons. The van der Waals surface area contributed by atoms with Crippen molar-refractivity contribution in [3.63, 3.8) is 0 Å². The van der Waals surface area contributed by atoms with E-state index < -0.39 is 39.2 Å². The van der Waals surface area contributed by atoms with Crippen molar-refractivity contribution in [1.82, 2.24) is 0 Å². The molecule has 0 fully saturated rings. The Labute approximate surface area is 150 Å². The molecular formula is C8H3Li3O8S. The smallest absolute Gasteiger partial charge is 0.716 e. The maximum absolute atomic E-state index is 10.5. The Hall–Kier alpha value is -0.338. The Morgan fingerprint density at radius 3 is 1.50 bits per heavy atom. The average Bonchev–Trinajstić information content (AvgIpc) is 2.14. The van der Waals surface area contributed by atoms with Gasteiger partial charge in [-0.1, -0.05) is 0 Å². The fourth-order valence-electron chi connectivity index (χ4n) is 1.00. The third-order valence-corrected chi connectivity index (χ3v) is 1.97. The van der Waals surface area contributed by atoms with E-state index in [2.05, 4.69) is 4.18 Å². The van der Waals surface area contributed by atoms with Gasteiger partial charge in [-0.2, -0.15) is 0 Å².